The highest BCUT2D eigenvalue weighted by Crippen LogP contribution is 2.10. The van der Waals surface area contributed by atoms with Crippen LogP contribution in [0.5, 0.6) is 0 Å². The molecule has 0 aliphatic rings. The Hall–Kier alpha value is -0.503. The third kappa shape index (κ3) is 7.39. The van der Waals surface area contributed by atoms with Crippen LogP contribution in [-0.4, -0.2) is 8.32 Å². The maximum atomic E-state index is 5.62. The van der Waals surface area contributed by atoms with Crippen LogP contribution in [0.1, 0.15) is 13.8 Å². The Bertz CT molecular complexity index is 170. The summed E-state index contributed by atoms with van der Waals surface area (Å²) < 4.78 is 5.62. The maximum absolute atomic E-state index is 5.62. The number of hydrogen-bond donors (Lipinski definition) is 0. The van der Waals surface area contributed by atoms with Crippen LogP contribution in [0.4, 0.5) is 0 Å². The van der Waals surface area contributed by atoms with E-state index in [1.165, 1.54) is 5.57 Å². The Kier molecular flexibility index (Phi) is 3.59. The van der Waals surface area contributed by atoms with Gasteiger partial charge in [0.05, 0.1) is 5.76 Å². The normalized spacial score (nSPS) is 10.6. The molecule has 0 aliphatic heterocycles. The fourth-order valence-electron chi connectivity index (χ4n) is 0.745. The first kappa shape index (κ1) is 10.5. The van der Waals surface area contributed by atoms with E-state index in [4.69, 9.17) is 4.43 Å². The Morgan fingerprint density at radius 2 is 1.73 bits per heavy atom. The molecule has 0 atom stereocenters. The predicted octanol–water partition coefficient (Wildman–Crippen LogP) is 3.32. The van der Waals surface area contributed by atoms with Gasteiger partial charge in [-0.3, -0.25) is 0 Å². The van der Waals surface area contributed by atoms with Crippen molar-refractivity contribution in [3.05, 3.63) is 24.0 Å². The van der Waals surface area contributed by atoms with Crippen molar-refractivity contribution in [1.82, 2.24) is 0 Å². The first-order chi connectivity index (χ1) is 4.81. The van der Waals surface area contributed by atoms with Gasteiger partial charge in [0.15, 0.2) is 0 Å². The third-order valence-corrected chi connectivity index (χ3v) is 1.76. The monoisotopic (exact) mass is 170 g/mol. The van der Waals surface area contributed by atoms with E-state index in [-0.39, 0.29) is 0 Å². The largest absolute Gasteiger partial charge is 0.545 e. The molecule has 64 valence electrons. The van der Waals surface area contributed by atoms with Gasteiger partial charge in [-0.15, -0.1) is 0 Å². The summed E-state index contributed by atoms with van der Waals surface area (Å²) in [4.78, 5) is 0. The lowest BCUT2D eigenvalue weighted by Gasteiger charge is -2.19. The molecule has 0 radical (unpaired) electrons. The topological polar surface area (TPSA) is 9.23 Å². The van der Waals surface area contributed by atoms with Gasteiger partial charge in [0, 0.05) is 0 Å². The zero-order valence-corrected chi connectivity index (χ0v) is 9.19. The van der Waals surface area contributed by atoms with Gasteiger partial charge in [-0.1, -0.05) is 12.2 Å². The average molecular weight is 170 g/mol. The number of hydrogen-bond acceptors (Lipinski definition) is 1. The minimum absolute atomic E-state index is 0.796. The van der Waals surface area contributed by atoms with Gasteiger partial charge < -0.3 is 4.43 Å². The molecular formula is C9H18OSi. The minimum Gasteiger partial charge on any atom is -0.545 e. The summed E-state index contributed by atoms with van der Waals surface area (Å²) in [5.41, 5.74) is 1.23. The van der Waals surface area contributed by atoms with E-state index in [1.54, 1.807) is 0 Å². The number of rotatable bonds is 3. The van der Waals surface area contributed by atoms with Crippen molar-refractivity contribution in [3.8, 4) is 0 Å². The second-order valence-electron chi connectivity index (χ2n) is 3.90. The first-order valence-corrected chi connectivity index (χ1v) is 7.25. The molecule has 0 amide bonds. The van der Waals surface area contributed by atoms with Crippen LogP contribution in [0.2, 0.25) is 19.6 Å². The van der Waals surface area contributed by atoms with Crippen LogP contribution in [0.25, 0.3) is 0 Å². The molecule has 0 N–H and O–H groups in total. The van der Waals surface area contributed by atoms with Crippen molar-refractivity contribution in [2.45, 2.75) is 33.5 Å². The zero-order valence-electron chi connectivity index (χ0n) is 8.19. The Morgan fingerprint density at radius 1 is 1.27 bits per heavy atom. The highest BCUT2D eigenvalue weighted by molar-refractivity contribution is 6.70. The van der Waals surface area contributed by atoms with E-state index in [1.807, 2.05) is 19.9 Å². The zero-order chi connectivity index (χ0) is 9.07. The summed E-state index contributed by atoms with van der Waals surface area (Å²) in [5.74, 6) is 0.796. The molecule has 0 aromatic rings. The molecule has 0 aromatic heterocycles. The minimum atomic E-state index is -1.43. The fraction of sp³-hybridized carbons (Fsp3) is 0.556. The highest BCUT2D eigenvalue weighted by Gasteiger charge is 2.15. The number of allylic oxidation sites excluding steroid dienone is 2. The summed E-state index contributed by atoms with van der Waals surface area (Å²) in [5, 5.41) is 0. The van der Waals surface area contributed by atoms with Crippen molar-refractivity contribution in [1.29, 1.82) is 0 Å². The van der Waals surface area contributed by atoms with Crippen molar-refractivity contribution < 1.29 is 4.43 Å². The summed E-state index contributed by atoms with van der Waals surface area (Å²) in [7, 11) is -1.43. The molecule has 0 unspecified atom stereocenters. The molecule has 1 nitrogen and oxygen atoms in total. The lowest BCUT2D eigenvalue weighted by atomic mass is 10.3. The molecule has 0 heterocycles. The van der Waals surface area contributed by atoms with Crippen molar-refractivity contribution in [2.24, 2.45) is 0 Å². The Labute approximate surface area is 70.9 Å². The first-order valence-electron chi connectivity index (χ1n) is 3.84. The summed E-state index contributed by atoms with van der Waals surface area (Å²) in [6, 6.07) is 0. The van der Waals surface area contributed by atoms with Gasteiger partial charge in [0.25, 0.3) is 0 Å². The quantitative estimate of drug-likeness (QED) is 0.359. The van der Waals surface area contributed by atoms with E-state index >= 15 is 0 Å². The van der Waals surface area contributed by atoms with Crippen LogP contribution in [-0.2, 0) is 4.43 Å². The molecule has 0 saturated heterocycles. The SMILES string of the molecule is C=C(C=C(C)C)O[Si](C)(C)C. The second-order valence-corrected chi connectivity index (χ2v) is 8.33. The van der Waals surface area contributed by atoms with Crippen LogP contribution >= 0.6 is 0 Å². The molecule has 0 aromatic carbocycles. The lowest BCUT2D eigenvalue weighted by Crippen LogP contribution is -2.24. The predicted molar refractivity (Wildman–Crippen MR) is 53.0 cm³/mol. The van der Waals surface area contributed by atoms with E-state index in [2.05, 4.69) is 26.2 Å². The fourth-order valence-corrected chi connectivity index (χ4v) is 1.59. The molecule has 0 saturated carbocycles. The highest BCUT2D eigenvalue weighted by atomic mass is 28.4. The molecule has 0 bridgehead atoms. The molecule has 0 aliphatic carbocycles. The lowest BCUT2D eigenvalue weighted by molar-refractivity contribution is 0.443. The van der Waals surface area contributed by atoms with Gasteiger partial charge in [-0.05, 0) is 39.6 Å². The van der Waals surface area contributed by atoms with Crippen LogP contribution in [0.15, 0.2) is 24.0 Å². The van der Waals surface area contributed by atoms with E-state index in [9.17, 15) is 0 Å². The average Bonchev–Trinajstić information content (AvgIpc) is 1.53. The molecule has 11 heavy (non-hydrogen) atoms. The molecule has 0 spiro atoms. The third-order valence-electron chi connectivity index (χ3n) is 0.887. The molecule has 2 heteroatoms. The maximum Gasteiger partial charge on any atom is 0.242 e. The summed E-state index contributed by atoms with van der Waals surface area (Å²) in [6.45, 7) is 14.3. The Balaban J connectivity index is 4.00. The van der Waals surface area contributed by atoms with Crippen LogP contribution in [0.3, 0.4) is 0 Å². The van der Waals surface area contributed by atoms with Gasteiger partial charge in [0.2, 0.25) is 8.32 Å². The van der Waals surface area contributed by atoms with E-state index in [0.717, 1.165) is 5.76 Å². The van der Waals surface area contributed by atoms with Gasteiger partial charge in [0.1, 0.15) is 0 Å². The Morgan fingerprint density at radius 3 is 2.00 bits per heavy atom. The summed E-state index contributed by atoms with van der Waals surface area (Å²) in [6.07, 6.45) is 1.97. The van der Waals surface area contributed by atoms with Crippen molar-refractivity contribution >= 4 is 8.32 Å². The van der Waals surface area contributed by atoms with Crippen LogP contribution in [0, 0.1) is 0 Å². The smallest absolute Gasteiger partial charge is 0.242 e. The summed E-state index contributed by atoms with van der Waals surface area (Å²) >= 11 is 0. The molecule has 0 rings (SSSR count). The van der Waals surface area contributed by atoms with E-state index < -0.39 is 8.32 Å². The standard InChI is InChI=1S/C9H18OSi/c1-8(2)7-9(3)10-11(4,5)6/h7H,3H2,1-2,4-6H3. The molecule has 0 fully saturated rings. The van der Waals surface area contributed by atoms with Crippen LogP contribution < -0.4 is 0 Å². The van der Waals surface area contributed by atoms with Gasteiger partial charge in [-0.2, -0.15) is 0 Å². The van der Waals surface area contributed by atoms with Gasteiger partial charge >= 0.3 is 0 Å². The van der Waals surface area contributed by atoms with E-state index in [0.29, 0.717) is 0 Å². The van der Waals surface area contributed by atoms with Crippen molar-refractivity contribution in [3.63, 3.8) is 0 Å². The van der Waals surface area contributed by atoms with Gasteiger partial charge in [-0.25, -0.2) is 0 Å². The van der Waals surface area contributed by atoms with Crippen molar-refractivity contribution in [2.75, 3.05) is 0 Å². The second kappa shape index (κ2) is 3.76. The molecular weight excluding hydrogens is 152 g/mol.